The molecule has 0 bridgehead atoms. The number of hydrogen-bond acceptors (Lipinski definition) is 2. The fourth-order valence-electron chi connectivity index (χ4n) is 7.36. The van der Waals surface area contributed by atoms with Crippen molar-refractivity contribution < 1.29 is 0 Å². The highest BCUT2D eigenvalue weighted by molar-refractivity contribution is 7.99. The molecule has 2 heterocycles. The van der Waals surface area contributed by atoms with Gasteiger partial charge in [0.25, 0.3) is 0 Å². The summed E-state index contributed by atoms with van der Waals surface area (Å²) in [5.74, 6) is 0. The van der Waals surface area contributed by atoms with Crippen LogP contribution in [0.1, 0.15) is 33.4 Å². The molecule has 6 aromatic carbocycles. The Bertz CT molecular complexity index is 1930. The third-order valence-corrected chi connectivity index (χ3v) is 10.0. The fraction of sp³-hybridized carbons (Fsp3) is 0.0526. The summed E-state index contributed by atoms with van der Waals surface area (Å²) in [5.41, 5.74) is 14.3. The monoisotopic (exact) mass is 527 g/mol. The van der Waals surface area contributed by atoms with Crippen molar-refractivity contribution in [2.75, 3.05) is 4.90 Å². The highest BCUT2D eigenvalue weighted by Gasteiger charge is 2.51. The van der Waals surface area contributed by atoms with E-state index in [1.54, 1.807) is 0 Å². The van der Waals surface area contributed by atoms with Crippen LogP contribution in [0.15, 0.2) is 149 Å². The third kappa shape index (κ3) is 2.84. The van der Waals surface area contributed by atoms with Crippen LogP contribution in [0.25, 0.3) is 11.1 Å². The van der Waals surface area contributed by atoms with Gasteiger partial charge in [0.05, 0.1) is 22.5 Å². The summed E-state index contributed by atoms with van der Waals surface area (Å²) in [6, 6.07) is 52.0. The molecule has 0 aromatic heterocycles. The number of nitrogens with zero attached hydrogens (tertiary/aromatic N) is 1. The lowest BCUT2D eigenvalue weighted by Crippen LogP contribution is -2.41. The molecule has 1 aliphatic carbocycles. The van der Waals surface area contributed by atoms with Crippen molar-refractivity contribution in [2.24, 2.45) is 0 Å². The van der Waals surface area contributed by atoms with Gasteiger partial charge in [-0.05, 0) is 75.2 Å². The van der Waals surface area contributed by atoms with Crippen LogP contribution in [0.5, 0.6) is 0 Å². The lowest BCUT2D eigenvalue weighted by atomic mass is 9.57. The Labute approximate surface area is 238 Å². The minimum absolute atomic E-state index is 0.398. The molecule has 0 radical (unpaired) electrons. The number of benzene rings is 6. The first-order chi connectivity index (χ1) is 19.8. The van der Waals surface area contributed by atoms with E-state index in [0.717, 1.165) is 6.42 Å². The van der Waals surface area contributed by atoms with Crippen molar-refractivity contribution in [1.82, 2.24) is 0 Å². The van der Waals surface area contributed by atoms with Crippen LogP contribution >= 0.6 is 11.8 Å². The SMILES string of the molecule is c1ccc(-c2ccc3c(c2)N2c4ccccc4Sc4cccc(c42)C32c3ccccc3Cc3ccccc32)cc1. The molecule has 2 aliphatic heterocycles. The standard InChI is InChI=1S/C38H25NS/c1-2-11-25(12-3-1)26-21-22-31-34(24-26)39-33-18-8-9-19-35(33)40-36-20-10-17-32(37(36)39)38(31)29-15-6-4-13-27(29)23-28-14-5-7-16-30(28)38/h1-22,24H,23H2. The first-order valence-corrected chi connectivity index (χ1v) is 14.7. The lowest BCUT2D eigenvalue weighted by Gasteiger charge is -2.51. The molecule has 1 spiro atoms. The summed E-state index contributed by atoms with van der Waals surface area (Å²) >= 11 is 1.89. The molecule has 1 nitrogen and oxygen atoms in total. The zero-order chi connectivity index (χ0) is 26.3. The first kappa shape index (κ1) is 22.3. The zero-order valence-corrected chi connectivity index (χ0v) is 22.7. The van der Waals surface area contributed by atoms with Gasteiger partial charge >= 0.3 is 0 Å². The van der Waals surface area contributed by atoms with Gasteiger partial charge in [0.2, 0.25) is 0 Å². The largest absolute Gasteiger partial charge is 0.308 e. The molecule has 0 amide bonds. The maximum atomic E-state index is 2.54. The van der Waals surface area contributed by atoms with Crippen molar-refractivity contribution in [3.63, 3.8) is 0 Å². The van der Waals surface area contributed by atoms with E-state index in [2.05, 4.69) is 144 Å². The second kappa shape index (κ2) is 8.24. The van der Waals surface area contributed by atoms with E-state index in [0.29, 0.717) is 0 Å². The molecule has 0 saturated carbocycles. The van der Waals surface area contributed by atoms with Crippen LogP contribution in [-0.2, 0) is 11.8 Å². The molecular weight excluding hydrogens is 502 g/mol. The predicted octanol–water partition coefficient (Wildman–Crippen LogP) is 9.89. The normalized spacial score (nSPS) is 14.9. The summed E-state index contributed by atoms with van der Waals surface area (Å²) in [7, 11) is 0. The fourth-order valence-corrected chi connectivity index (χ4v) is 8.45. The van der Waals surface area contributed by atoms with E-state index in [1.807, 2.05) is 11.8 Å². The summed E-state index contributed by atoms with van der Waals surface area (Å²) in [6.45, 7) is 0. The highest BCUT2D eigenvalue weighted by atomic mass is 32.2. The Morgan fingerprint density at radius 3 is 1.93 bits per heavy atom. The van der Waals surface area contributed by atoms with Crippen molar-refractivity contribution in [3.05, 3.63) is 173 Å². The molecule has 2 heteroatoms. The summed E-state index contributed by atoms with van der Waals surface area (Å²) in [6.07, 6.45) is 0.960. The van der Waals surface area contributed by atoms with E-state index in [-0.39, 0.29) is 0 Å². The smallest absolute Gasteiger partial charge is 0.0748 e. The van der Waals surface area contributed by atoms with Gasteiger partial charge in [-0.15, -0.1) is 0 Å². The molecule has 0 unspecified atom stereocenters. The second-order valence-electron chi connectivity index (χ2n) is 10.9. The van der Waals surface area contributed by atoms with E-state index >= 15 is 0 Å². The Morgan fingerprint density at radius 1 is 0.475 bits per heavy atom. The second-order valence-corrected chi connectivity index (χ2v) is 12.0. The summed E-state index contributed by atoms with van der Waals surface area (Å²) < 4.78 is 0. The van der Waals surface area contributed by atoms with Crippen molar-refractivity contribution >= 4 is 28.8 Å². The summed E-state index contributed by atoms with van der Waals surface area (Å²) in [5, 5.41) is 0. The quantitative estimate of drug-likeness (QED) is 0.209. The van der Waals surface area contributed by atoms with Gasteiger partial charge < -0.3 is 4.90 Å². The van der Waals surface area contributed by atoms with E-state index in [9.17, 15) is 0 Å². The van der Waals surface area contributed by atoms with Crippen LogP contribution in [0.3, 0.4) is 0 Å². The van der Waals surface area contributed by atoms with Gasteiger partial charge in [-0.1, -0.05) is 127 Å². The van der Waals surface area contributed by atoms with Gasteiger partial charge in [-0.3, -0.25) is 0 Å². The Hall–Kier alpha value is -4.53. The predicted molar refractivity (Wildman–Crippen MR) is 165 cm³/mol. The molecule has 0 N–H and O–H groups in total. The number of fused-ring (bicyclic) bond motifs is 10. The van der Waals surface area contributed by atoms with Gasteiger partial charge in [0.1, 0.15) is 0 Å². The van der Waals surface area contributed by atoms with E-state index < -0.39 is 5.41 Å². The van der Waals surface area contributed by atoms with Crippen LogP contribution < -0.4 is 4.90 Å². The van der Waals surface area contributed by atoms with Crippen molar-refractivity contribution in [3.8, 4) is 11.1 Å². The molecule has 9 rings (SSSR count). The van der Waals surface area contributed by atoms with Gasteiger partial charge in [-0.25, -0.2) is 0 Å². The summed E-state index contributed by atoms with van der Waals surface area (Å²) in [4.78, 5) is 5.15. The average Bonchev–Trinajstić information content (AvgIpc) is 3.02. The molecule has 0 saturated heterocycles. The topological polar surface area (TPSA) is 3.24 Å². The van der Waals surface area contributed by atoms with Crippen molar-refractivity contribution in [1.29, 1.82) is 0 Å². The zero-order valence-electron chi connectivity index (χ0n) is 21.8. The minimum Gasteiger partial charge on any atom is -0.308 e. The van der Waals surface area contributed by atoms with Gasteiger partial charge in [0, 0.05) is 9.79 Å². The van der Waals surface area contributed by atoms with Crippen LogP contribution in [0, 0.1) is 0 Å². The van der Waals surface area contributed by atoms with Crippen LogP contribution in [0.2, 0.25) is 0 Å². The van der Waals surface area contributed by atoms with Crippen LogP contribution in [0.4, 0.5) is 17.1 Å². The molecule has 40 heavy (non-hydrogen) atoms. The van der Waals surface area contributed by atoms with Crippen LogP contribution in [-0.4, -0.2) is 0 Å². The Kier molecular flexibility index (Phi) is 4.59. The molecule has 0 atom stereocenters. The van der Waals surface area contributed by atoms with Gasteiger partial charge in [-0.2, -0.15) is 0 Å². The molecule has 6 aromatic rings. The first-order valence-electron chi connectivity index (χ1n) is 13.9. The Balaban J connectivity index is 1.47. The maximum Gasteiger partial charge on any atom is 0.0748 e. The van der Waals surface area contributed by atoms with Gasteiger partial charge in [0.15, 0.2) is 0 Å². The number of hydrogen-bond donors (Lipinski definition) is 0. The minimum atomic E-state index is -0.398. The maximum absolute atomic E-state index is 2.54. The molecular formula is C38H25NS. The molecule has 188 valence electrons. The molecule has 3 aliphatic rings. The third-order valence-electron chi connectivity index (χ3n) is 8.93. The molecule has 0 fully saturated rings. The van der Waals surface area contributed by atoms with Crippen molar-refractivity contribution in [2.45, 2.75) is 21.6 Å². The van der Waals surface area contributed by atoms with E-state index in [4.69, 9.17) is 0 Å². The highest BCUT2D eigenvalue weighted by Crippen LogP contribution is 2.64. The number of para-hydroxylation sites is 2. The number of rotatable bonds is 1. The number of anilines is 3. The van der Waals surface area contributed by atoms with E-state index in [1.165, 1.54) is 71.4 Å². The Morgan fingerprint density at radius 2 is 1.12 bits per heavy atom. The lowest BCUT2D eigenvalue weighted by molar-refractivity contribution is 0.689. The average molecular weight is 528 g/mol.